The number of aliphatic imine (C=N–C) groups is 1. The highest BCUT2D eigenvalue weighted by atomic mass is 16.5. The Balaban J connectivity index is 1.86. The zero-order valence-corrected chi connectivity index (χ0v) is 16.4. The van der Waals surface area contributed by atoms with Gasteiger partial charge in [0, 0.05) is 19.5 Å². The molecule has 0 atom stereocenters. The molecule has 1 heterocycles. The molecule has 1 aromatic heterocycles. The summed E-state index contributed by atoms with van der Waals surface area (Å²) in [5, 5.41) is 6.70. The maximum atomic E-state index is 5.36. The van der Waals surface area contributed by atoms with E-state index in [0.29, 0.717) is 6.54 Å². The fourth-order valence-corrected chi connectivity index (χ4v) is 2.51. The molecule has 146 valence electrons. The van der Waals surface area contributed by atoms with Gasteiger partial charge in [-0.25, -0.2) is 4.99 Å². The summed E-state index contributed by atoms with van der Waals surface area (Å²) < 4.78 is 16.0. The third-order valence-electron chi connectivity index (χ3n) is 3.91. The molecule has 0 bridgehead atoms. The first-order valence-corrected chi connectivity index (χ1v) is 9.02. The Bertz CT molecular complexity index is 739. The van der Waals surface area contributed by atoms with Crippen LogP contribution < -0.4 is 20.1 Å². The lowest BCUT2D eigenvalue weighted by molar-refractivity contribution is 0.354. The van der Waals surface area contributed by atoms with Gasteiger partial charge in [-0.3, -0.25) is 0 Å². The van der Waals surface area contributed by atoms with E-state index in [9.17, 15) is 0 Å². The fraction of sp³-hybridized carbons (Fsp3) is 0.381. The number of ether oxygens (including phenoxy) is 2. The van der Waals surface area contributed by atoms with Crippen LogP contribution in [0.25, 0.3) is 0 Å². The van der Waals surface area contributed by atoms with Gasteiger partial charge in [0.15, 0.2) is 17.5 Å². The summed E-state index contributed by atoms with van der Waals surface area (Å²) in [4.78, 5) is 4.55. The molecule has 6 heteroatoms. The Morgan fingerprint density at radius 2 is 1.81 bits per heavy atom. The van der Waals surface area contributed by atoms with E-state index in [1.165, 1.54) is 0 Å². The summed E-state index contributed by atoms with van der Waals surface area (Å²) in [5.41, 5.74) is 2.18. The molecule has 1 aromatic carbocycles. The maximum Gasteiger partial charge on any atom is 0.191 e. The molecule has 0 radical (unpaired) electrons. The third-order valence-corrected chi connectivity index (χ3v) is 3.91. The molecule has 0 amide bonds. The number of nitrogens with one attached hydrogen (secondary N) is 2. The van der Waals surface area contributed by atoms with E-state index < -0.39 is 0 Å². The van der Waals surface area contributed by atoms with Crippen LogP contribution in [0, 0.1) is 0 Å². The molecule has 2 aromatic rings. The van der Waals surface area contributed by atoms with Gasteiger partial charge in [-0.05, 0) is 43.2 Å². The van der Waals surface area contributed by atoms with E-state index in [-0.39, 0.29) is 0 Å². The van der Waals surface area contributed by atoms with E-state index in [1.807, 2.05) is 37.3 Å². The van der Waals surface area contributed by atoms with Gasteiger partial charge >= 0.3 is 0 Å². The van der Waals surface area contributed by atoms with Gasteiger partial charge in [0.2, 0.25) is 0 Å². The molecule has 0 spiro atoms. The topological polar surface area (TPSA) is 68.0 Å². The summed E-state index contributed by atoms with van der Waals surface area (Å²) in [6, 6.07) is 9.82. The molecule has 0 fully saturated rings. The number of hydrogen-bond donors (Lipinski definition) is 2. The van der Waals surface area contributed by atoms with Gasteiger partial charge in [0.05, 0.1) is 27.0 Å². The number of hydrogen-bond acceptors (Lipinski definition) is 4. The highest BCUT2D eigenvalue weighted by Gasteiger charge is 2.05. The van der Waals surface area contributed by atoms with Crippen molar-refractivity contribution in [3.05, 3.63) is 60.1 Å². The molecule has 0 aliphatic heterocycles. The number of rotatable bonds is 10. The lowest BCUT2D eigenvalue weighted by atomic mass is 10.1. The van der Waals surface area contributed by atoms with Crippen molar-refractivity contribution in [3.8, 4) is 11.5 Å². The predicted molar refractivity (Wildman–Crippen MR) is 109 cm³/mol. The second kappa shape index (κ2) is 11.0. The maximum absolute atomic E-state index is 5.36. The monoisotopic (exact) mass is 371 g/mol. The highest BCUT2D eigenvalue weighted by molar-refractivity contribution is 5.79. The van der Waals surface area contributed by atoms with E-state index in [4.69, 9.17) is 13.9 Å². The highest BCUT2D eigenvalue weighted by Crippen LogP contribution is 2.27. The largest absolute Gasteiger partial charge is 0.493 e. The lowest BCUT2D eigenvalue weighted by Crippen LogP contribution is -2.39. The predicted octanol–water partition coefficient (Wildman–Crippen LogP) is 3.19. The van der Waals surface area contributed by atoms with Gasteiger partial charge in [-0.2, -0.15) is 0 Å². The Kier molecular flexibility index (Phi) is 8.29. The zero-order chi connectivity index (χ0) is 19.5. The second-order valence-corrected chi connectivity index (χ2v) is 6.24. The van der Waals surface area contributed by atoms with Gasteiger partial charge in [0.1, 0.15) is 5.76 Å². The van der Waals surface area contributed by atoms with Crippen LogP contribution in [0.1, 0.15) is 18.2 Å². The zero-order valence-electron chi connectivity index (χ0n) is 16.4. The quantitative estimate of drug-likeness (QED) is 0.381. The van der Waals surface area contributed by atoms with E-state index >= 15 is 0 Å². The van der Waals surface area contributed by atoms with Crippen molar-refractivity contribution in [1.29, 1.82) is 0 Å². The molecule has 0 saturated carbocycles. The molecule has 27 heavy (non-hydrogen) atoms. The van der Waals surface area contributed by atoms with Gasteiger partial charge < -0.3 is 24.5 Å². The van der Waals surface area contributed by atoms with E-state index in [1.54, 1.807) is 20.5 Å². The van der Waals surface area contributed by atoms with Crippen LogP contribution in [0.2, 0.25) is 0 Å². The van der Waals surface area contributed by atoms with Crippen LogP contribution in [-0.2, 0) is 12.8 Å². The standard InChI is InChI=1S/C21H29N3O3/c1-16(2)15-24-21(23-12-10-18-6-5-13-27-18)22-11-9-17-7-8-19(25-3)20(14-17)26-4/h5-8,13-14H,1,9-12,15H2,2-4H3,(H2,22,23,24). The third kappa shape index (κ3) is 7.09. The molecule has 2 rings (SSSR count). The van der Waals surface area contributed by atoms with Crippen LogP contribution in [-0.4, -0.2) is 39.8 Å². The van der Waals surface area contributed by atoms with Crippen molar-refractivity contribution in [2.45, 2.75) is 19.8 Å². The van der Waals surface area contributed by atoms with Crippen molar-refractivity contribution < 1.29 is 13.9 Å². The molecular formula is C21H29N3O3. The van der Waals surface area contributed by atoms with Crippen molar-refractivity contribution in [2.24, 2.45) is 4.99 Å². The van der Waals surface area contributed by atoms with Crippen molar-refractivity contribution in [3.63, 3.8) is 0 Å². The Morgan fingerprint density at radius 3 is 2.44 bits per heavy atom. The van der Waals surface area contributed by atoms with Crippen molar-refractivity contribution in [2.75, 3.05) is 33.9 Å². The SMILES string of the molecule is C=C(C)CN=C(NCCc1ccc(OC)c(OC)c1)NCCc1ccco1. The smallest absolute Gasteiger partial charge is 0.191 e. The number of nitrogens with zero attached hydrogens (tertiary/aromatic N) is 1. The van der Waals surface area contributed by atoms with Crippen LogP contribution >= 0.6 is 0 Å². The molecule has 6 nitrogen and oxygen atoms in total. The number of furan rings is 1. The minimum absolute atomic E-state index is 0.590. The van der Waals surface area contributed by atoms with Crippen LogP contribution in [0.5, 0.6) is 11.5 Å². The summed E-state index contributed by atoms with van der Waals surface area (Å²) in [5.74, 6) is 3.19. The average molecular weight is 371 g/mol. The van der Waals surface area contributed by atoms with Crippen LogP contribution in [0.15, 0.2) is 58.2 Å². The van der Waals surface area contributed by atoms with Crippen molar-refractivity contribution >= 4 is 5.96 Å². The molecule has 2 N–H and O–H groups in total. The number of benzene rings is 1. The van der Waals surface area contributed by atoms with Crippen LogP contribution in [0.4, 0.5) is 0 Å². The molecule has 0 saturated heterocycles. The summed E-state index contributed by atoms with van der Waals surface area (Å²) in [6.07, 6.45) is 3.33. The normalized spacial score (nSPS) is 11.1. The second-order valence-electron chi connectivity index (χ2n) is 6.24. The Labute approximate surface area is 161 Å². The molecular weight excluding hydrogens is 342 g/mol. The average Bonchev–Trinajstić information content (AvgIpc) is 3.18. The van der Waals surface area contributed by atoms with E-state index in [2.05, 4.69) is 22.2 Å². The molecule has 0 aliphatic carbocycles. The Morgan fingerprint density at radius 1 is 1.07 bits per heavy atom. The first-order valence-electron chi connectivity index (χ1n) is 9.02. The molecule has 0 aliphatic rings. The van der Waals surface area contributed by atoms with Gasteiger partial charge in [-0.15, -0.1) is 0 Å². The summed E-state index contributed by atoms with van der Waals surface area (Å²) >= 11 is 0. The molecule has 0 unspecified atom stereocenters. The number of guanidine groups is 1. The minimum Gasteiger partial charge on any atom is -0.493 e. The van der Waals surface area contributed by atoms with Crippen LogP contribution in [0.3, 0.4) is 0 Å². The fourth-order valence-electron chi connectivity index (χ4n) is 2.51. The first-order chi connectivity index (χ1) is 13.1. The van der Waals surface area contributed by atoms with Gasteiger partial charge in [0.25, 0.3) is 0 Å². The van der Waals surface area contributed by atoms with Gasteiger partial charge in [-0.1, -0.05) is 18.2 Å². The minimum atomic E-state index is 0.590. The van der Waals surface area contributed by atoms with E-state index in [0.717, 1.165) is 60.3 Å². The van der Waals surface area contributed by atoms with Crippen molar-refractivity contribution in [1.82, 2.24) is 10.6 Å². The summed E-state index contributed by atoms with van der Waals surface area (Å²) in [6.45, 7) is 7.95. The first kappa shape index (κ1) is 20.4. The number of methoxy groups -OCH3 is 2. The lowest BCUT2D eigenvalue weighted by Gasteiger charge is -2.13. The Hall–Kier alpha value is -2.89. The summed E-state index contributed by atoms with van der Waals surface area (Å²) in [7, 11) is 3.28.